The summed E-state index contributed by atoms with van der Waals surface area (Å²) in [6, 6.07) is 7.33. The molecule has 2 atom stereocenters. The Bertz CT molecular complexity index is 431. The summed E-state index contributed by atoms with van der Waals surface area (Å²) in [5.74, 6) is 0.628. The van der Waals surface area contributed by atoms with E-state index in [9.17, 15) is 0 Å². The number of aryl methyl sites for hydroxylation is 1. The molecule has 0 saturated carbocycles. The fourth-order valence-corrected chi connectivity index (χ4v) is 3.04. The Morgan fingerprint density at radius 1 is 1.42 bits per heavy atom. The van der Waals surface area contributed by atoms with E-state index < -0.39 is 0 Å². The van der Waals surface area contributed by atoms with Gasteiger partial charge in [-0.25, -0.2) is 0 Å². The van der Waals surface area contributed by atoms with Crippen LogP contribution in [0.1, 0.15) is 32.8 Å². The number of hydrogen-bond donors (Lipinski definition) is 1. The van der Waals surface area contributed by atoms with Gasteiger partial charge in [-0.05, 0) is 37.0 Å². The first-order valence-corrected chi connectivity index (χ1v) is 7.67. The van der Waals surface area contributed by atoms with Gasteiger partial charge in [0.15, 0.2) is 0 Å². The van der Waals surface area contributed by atoms with Gasteiger partial charge in [0.05, 0.1) is 0 Å². The van der Waals surface area contributed by atoms with Gasteiger partial charge in [-0.3, -0.25) is 0 Å². The number of rotatable bonds is 3. The van der Waals surface area contributed by atoms with Crippen molar-refractivity contribution in [1.29, 1.82) is 0 Å². The number of anilines is 1. The van der Waals surface area contributed by atoms with Crippen molar-refractivity contribution in [3.63, 3.8) is 0 Å². The Morgan fingerprint density at radius 2 is 2.16 bits per heavy atom. The summed E-state index contributed by atoms with van der Waals surface area (Å²) in [7, 11) is 0. The van der Waals surface area contributed by atoms with Gasteiger partial charge in [0.25, 0.3) is 0 Å². The first kappa shape index (κ1) is 14.7. The molecule has 19 heavy (non-hydrogen) atoms. The minimum absolute atomic E-state index is 0.542. The zero-order valence-electron chi connectivity index (χ0n) is 12.4. The Hall–Kier alpha value is -0.730. The van der Waals surface area contributed by atoms with Crippen LogP contribution in [0.2, 0.25) is 5.02 Å². The lowest BCUT2D eigenvalue weighted by atomic mass is 9.96. The van der Waals surface area contributed by atoms with Crippen molar-refractivity contribution in [3.8, 4) is 0 Å². The summed E-state index contributed by atoms with van der Waals surface area (Å²) in [5, 5.41) is 4.49. The topological polar surface area (TPSA) is 15.3 Å². The molecule has 0 radical (unpaired) electrons. The van der Waals surface area contributed by atoms with E-state index in [0.29, 0.717) is 18.0 Å². The van der Waals surface area contributed by atoms with E-state index in [0.717, 1.165) is 18.1 Å². The predicted molar refractivity (Wildman–Crippen MR) is 84.2 cm³/mol. The van der Waals surface area contributed by atoms with Gasteiger partial charge in [-0.2, -0.15) is 0 Å². The van der Waals surface area contributed by atoms with E-state index in [2.05, 4.69) is 50.0 Å². The molecular formula is C16H25ClN2. The summed E-state index contributed by atoms with van der Waals surface area (Å²) >= 11 is 6.19. The maximum absolute atomic E-state index is 6.19. The zero-order chi connectivity index (χ0) is 14.0. The highest BCUT2D eigenvalue weighted by Crippen LogP contribution is 2.29. The molecule has 2 rings (SSSR count). The van der Waals surface area contributed by atoms with E-state index in [-0.39, 0.29) is 0 Å². The Kier molecular flexibility index (Phi) is 4.75. The van der Waals surface area contributed by atoms with Gasteiger partial charge >= 0.3 is 0 Å². The Labute approximate surface area is 122 Å². The second-order valence-corrected chi connectivity index (χ2v) is 6.34. The molecule has 1 aromatic carbocycles. The van der Waals surface area contributed by atoms with E-state index in [1.54, 1.807) is 0 Å². The van der Waals surface area contributed by atoms with E-state index in [4.69, 9.17) is 11.6 Å². The molecule has 1 N–H and O–H groups in total. The third kappa shape index (κ3) is 3.24. The quantitative estimate of drug-likeness (QED) is 0.904. The van der Waals surface area contributed by atoms with Gasteiger partial charge in [0.2, 0.25) is 0 Å². The van der Waals surface area contributed by atoms with E-state index in [1.165, 1.54) is 17.7 Å². The molecule has 0 spiro atoms. The molecule has 1 aliphatic heterocycles. The van der Waals surface area contributed by atoms with Gasteiger partial charge < -0.3 is 10.2 Å². The molecular weight excluding hydrogens is 256 g/mol. The smallest absolute Gasteiger partial charge is 0.0438 e. The van der Waals surface area contributed by atoms with Crippen molar-refractivity contribution in [2.75, 3.05) is 18.0 Å². The van der Waals surface area contributed by atoms with Crippen LogP contribution in [-0.4, -0.2) is 25.2 Å². The van der Waals surface area contributed by atoms with Crippen LogP contribution in [0.5, 0.6) is 0 Å². The molecule has 3 heteroatoms. The summed E-state index contributed by atoms with van der Waals surface area (Å²) in [6.45, 7) is 11.1. The minimum atomic E-state index is 0.542. The lowest BCUT2D eigenvalue weighted by Crippen LogP contribution is -2.58. The third-order valence-corrected chi connectivity index (χ3v) is 4.41. The molecule has 0 amide bonds. The summed E-state index contributed by atoms with van der Waals surface area (Å²) in [6.07, 6.45) is 1.17. The third-order valence-electron chi connectivity index (χ3n) is 4.18. The maximum Gasteiger partial charge on any atom is 0.0438 e. The normalized spacial score (nSPS) is 24.0. The molecule has 2 nitrogen and oxygen atoms in total. The maximum atomic E-state index is 6.19. The Balaban J connectivity index is 2.33. The number of halogens is 1. The summed E-state index contributed by atoms with van der Waals surface area (Å²) in [5.41, 5.74) is 2.61. The molecule has 1 heterocycles. The highest BCUT2D eigenvalue weighted by atomic mass is 35.5. The van der Waals surface area contributed by atoms with Crippen LogP contribution < -0.4 is 10.2 Å². The van der Waals surface area contributed by atoms with E-state index in [1.807, 2.05) is 6.07 Å². The van der Waals surface area contributed by atoms with Crippen LogP contribution in [0.15, 0.2) is 18.2 Å². The van der Waals surface area contributed by atoms with Crippen LogP contribution in [0.4, 0.5) is 5.69 Å². The first-order valence-electron chi connectivity index (χ1n) is 7.29. The summed E-state index contributed by atoms with van der Waals surface area (Å²) in [4.78, 5) is 2.55. The Morgan fingerprint density at radius 3 is 2.79 bits per heavy atom. The monoisotopic (exact) mass is 280 g/mol. The van der Waals surface area contributed by atoms with Crippen LogP contribution in [-0.2, 0) is 0 Å². The van der Waals surface area contributed by atoms with Crippen molar-refractivity contribution in [3.05, 3.63) is 28.8 Å². The second kappa shape index (κ2) is 6.15. The van der Waals surface area contributed by atoms with Crippen molar-refractivity contribution >= 4 is 17.3 Å². The van der Waals surface area contributed by atoms with Crippen LogP contribution >= 0.6 is 11.6 Å². The fourth-order valence-electron chi connectivity index (χ4n) is 2.87. The molecule has 0 bridgehead atoms. The van der Waals surface area contributed by atoms with Crippen LogP contribution in [0.25, 0.3) is 0 Å². The highest BCUT2D eigenvalue weighted by Gasteiger charge is 2.30. The fraction of sp³-hybridized carbons (Fsp3) is 0.625. The molecule has 1 aliphatic rings. The lowest BCUT2D eigenvalue weighted by molar-refractivity contribution is 0.333. The largest absolute Gasteiger partial charge is 0.365 e. The number of hydrogen-bond acceptors (Lipinski definition) is 2. The molecule has 106 valence electrons. The molecule has 0 aliphatic carbocycles. The zero-order valence-corrected chi connectivity index (χ0v) is 13.2. The van der Waals surface area contributed by atoms with Gasteiger partial charge in [-0.15, -0.1) is 0 Å². The first-order chi connectivity index (χ1) is 9.02. The SMILES string of the molecule is CCC1CN(c2cc(Cl)ccc2C)C(C(C)C)CN1. The average Bonchev–Trinajstić information content (AvgIpc) is 2.40. The molecule has 1 saturated heterocycles. The second-order valence-electron chi connectivity index (χ2n) is 5.91. The number of nitrogens with one attached hydrogen (secondary N) is 1. The van der Waals surface area contributed by atoms with Crippen molar-refractivity contribution in [2.24, 2.45) is 5.92 Å². The van der Waals surface area contributed by atoms with Crippen molar-refractivity contribution in [2.45, 2.75) is 46.2 Å². The standard InChI is InChI=1S/C16H25ClN2/c1-5-14-10-19(16(9-18-14)11(2)3)15-8-13(17)7-6-12(15)4/h6-8,11,14,16,18H,5,9-10H2,1-4H3. The van der Waals surface area contributed by atoms with Gasteiger partial charge in [0, 0.05) is 35.9 Å². The minimum Gasteiger partial charge on any atom is -0.365 e. The highest BCUT2D eigenvalue weighted by molar-refractivity contribution is 6.30. The van der Waals surface area contributed by atoms with E-state index >= 15 is 0 Å². The average molecular weight is 281 g/mol. The van der Waals surface area contributed by atoms with Gasteiger partial charge in [0.1, 0.15) is 0 Å². The number of benzene rings is 1. The van der Waals surface area contributed by atoms with Crippen molar-refractivity contribution < 1.29 is 0 Å². The number of piperazine rings is 1. The van der Waals surface area contributed by atoms with Crippen LogP contribution in [0, 0.1) is 12.8 Å². The number of nitrogens with zero attached hydrogens (tertiary/aromatic N) is 1. The molecule has 2 unspecified atom stereocenters. The van der Waals surface area contributed by atoms with Crippen LogP contribution in [0.3, 0.4) is 0 Å². The molecule has 1 aromatic rings. The molecule has 0 aromatic heterocycles. The summed E-state index contributed by atoms with van der Waals surface area (Å²) < 4.78 is 0. The van der Waals surface area contributed by atoms with Crippen molar-refractivity contribution in [1.82, 2.24) is 5.32 Å². The molecule has 1 fully saturated rings. The lowest BCUT2D eigenvalue weighted by Gasteiger charge is -2.44. The van der Waals surface area contributed by atoms with Gasteiger partial charge in [-0.1, -0.05) is 38.4 Å². The predicted octanol–water partition coefficient (Wildman–Crippen LogP) is 3.86.